The maximum absolute atomic E-state index is 13.7. The van der Waals surface area contributed by atoms with Crippen molar-refractivity contribution in [3.05, 3.63) is 73.3 Å². The second kappa shape index (κ2) is 6.43. The predicted octanol–water partition coefficient (Wildman–Crippen LogP) is 3.33. The molecule has 0 aliphatic rings. The van der Waals surface area contributed by atoms with Crippen LogP contribution < -0.4 is 10.6 Å². The Bertz CT molecular complexity index is 589. The fourth-order valence-corrected chi connectivity index (χ4v) is 5.58. The normalized spacial score (nSPS) is 14.4. The second-order valence-electron chi connectivity index (χ2n) is 5.56. The van der Waals surface area contributed by atoms with Gasteiger partial charge in [0.05, 0.1) is 5.60 Å². The fraction of sp³-hybridized carbons (Fsp3) is 0.222. The van der Waals surface area contributed by atoms with Crippen LogP contribution in [0.3, 0.4) is 0 Å². The molecule has 2 rings (SSSR count). The molecule has 0 amide bonds. The number of rotatable bonds is 6. The van der Waals surface area contributed by atoms with Crippen LogP contribution >= 0.6 is 7.14 Å². The highest BCUT2D eigenvalue weighted by atomic mass is 31.2. The van der Waals surface area contributed by atoms with Gasteiger partial charge < -0.3 is 9.67 Å². The highest BCUT2D eigenvalue weighted by Gasteiger charge is 2.35. The molecule has 2 nitrogen and oxygen atoms in total. The van der Waals surface area contributed by atoms with Crippen molar-refractivity contribution in [2.75, 3.05) is 6.16 Å². The first-order valence-electron chi connectivity index (χ1n) is 7.01. The lowest BCUT2D eigenvalue weighted by Gasteiger charge is -2.28. The summed E-state index contributed by atoms with van der Waals surface area (Å²) in [5.41, 5.74) is -1.04. The Morgan fingerprint density at radius 2 is 1.48 bits per heavy atom. The van der Waals surface area contributed by atoms with Crippen molar-refractivity contribution in [2.45, 2.75) is 18.9 Å². The van der Waals surface area contributed by atoms with Crippen LogP contribution in [0.5, 0.6) is 0 Å². The largest absolute Gasteiger partial charge is 0.389 e. The van der Waals surface area contributed by atoms with E-state index in [2.05, 4.69) is 6.58 Å². The molecular formula is C18H21O2P. The Kier molecular flexibility index (Phi) is 4.82. The highest BCUT2D eigenvalue weighted by Crippen LogP contribution is 2.46. The van der Waals surface area contributed by atoms with Gasteiger partial charge in [-0.2, -0.15) is 0 Å². The third-order valence-corrected chi connectivity index (χ3v) is 6.89. The van der Waals surface area contributed by atoms with Gasteiger partial charge in [0.15, 0.2) is 0 Å². The van der Waals surface area contributed by atoms with Gasteiger partial charge in [0.25, 0.3) is 0 Å². The molecule has 0 saturated heterocycles. The molecule has 1 unspecified atom stereocenters. The van der Waals surface area contributed by atoms with Crippen LogP contribution in [0.4, 0.5) is 0 Å². The van der Waals surface area contributed by atoms with Crippen LogP contribution in [0, 0.1) is 0 Å². The van der Waals surface area contributed by atoms with Gasteiger partial charge in [0, 0.05) is 16.8 Å². The molecule has 0 aliphatic carbocycles. The third kappa shape index (κ3) is 3.72. The van der Waals surface area contributed by atoms with Crippen molar-refractivity contribution in [3.8, 4) is 0 Å². The van der Waals surface area contributed by atoms with Crippen LogP contribution in [0.1, 0.15) is 13.3 Å². The molecule has 0 saturated carbocycles. The lowest BCUT2D eigenvalue weighted by Crippen LogP contribution is -2.33. The maximum Gasteiger partial charge on any atom is 0.146 e. The number of aliphatic hydroxyl groups is 1. The van der Waals surface area contributed by atoms with Crippen molar-refractivity contribution in [3.63, 3.8) is 0 Å². The van der Waals surface area contributed by atoms with Crippen molar-refractivity contribution in [2.24, 2.45) is 0 Å². The Morgan fingerprint density at radius 1 is 1.05 bits per heavy atom. The van der Waals surface area contributed by atoms with Gasteiger partial charge >= 0.3 is 0 Å². The minimum atomic E-state index is -2.87. The predicted molar refractivity (Wildman–Crippen MR) is 90.1 cm³/mol. The molecule has 2 aromatic rings. The molecule has 0 aromatic heterocycles. The minimum absolute atomic E-state index is 0.208. The quantitative estimate of drug-likeness (QED) is 0.656. The van der Waals surface area contributed by atoms with Gasteiger partial charge in [-0.3, -0.25) is 0 Å². The molecule has 110 valence electrons. The van der Waals surface area contributed by atoms with Crippen molar-refractivity contribution in [1.82, 2.24) is 0 Å². The zero-order valence-corrected chi connectivity index (χ0v) is 13.2. The standard InChI is InChI=1S/C18H21O2P/c1-3-14-18(2,19)15-21(20,16-10-6-4-7-11-16)17-12-8-5-9-13-17/h3-13,19H,1,14-15H2,2H3. The average molecular weight is 300 g/mol. The van der Waals surface area contributed by atoms with Gasteiger partial charge in [-0.1, -0.05) is 66.7 Å². The monoisotopic (exact) mass is 300 g/mol. The zero-order chi connectivity index (χ0) is 15.3. The van der Waals surface area contributed by atoms with Gasteiger partial charge in [0.1, 0.15) is 7.14 Å². The fourth-order valence-electron chi connectivity index (χ4n) is 2.52. The molecule has 21 heavy (non-hydrogen) atoms. The van der Waals surface area contributed by atoms with Gasteiger partial charge in [-0.05, 0) is 13.3 Å². The van der Waals surface area contributed by atoms with Gasteiger partial charge in [-0.15, -0.1) is 6.58 Å². The maximum atomic E-state index is 13.7. The first kappa shape index (κ1) is 15.8. The SMILES string of the molecule is C=CCC(C)(O)CP(=O)(c1ccccc1)c1ccccc1. The van der Waals surface area contributed by atoms with E-state index in [4.69, 9.17) is 0 Å². The van der Waals surface area contributed by atoms with Crippen LogP contribution in [0.25, 0.3) is 0 Å². The zero-order valence-electron chi connectivity index (χ0n) is 12.3. The first-order valence-corrected chi connectivity index (χ1v) is 8.91. The molecular weight excluding hydrogens is 279 g/mol. The lowest BCUT2D eigenvalue weighted by molar-refractivity contribution is 0.0872. The van der Waals surface area contributed by atoms with E-state index >= 15 is 0 Å². The Labute approximate surface area is 126 Å². The smallest absolute Gasteiger partial charge is 0.146 e. The molecule has 2 aromatic carbocycles. The van der Waals surface area contributed by atoms with E-state index in [9.17, 15) is 9.67 Å². The number of hydrogen-bond acceptors (Lipinski definition) is 2. The summed E-state index contributed by atoms with van der Waals surface area (Å²) in [5, 5.41) is 12.1. The van der Waals surface area contributed by atoms with E-state index in [0.29, 0.717) is 6.42 Å². The minimum Gasteiger partial charge on any atom is -0.389 e. The van der Waals surface area contributed by atoms with Crippen LogP contribution in [-0.4, -0.2) is 16.9 Å². The number of benzene rings is 2. The number of hydrogen-bond donors (Lipinski definition) is 1. The Balaban J connectivity index is 2.50. The summed E-state index contributed by atoms with van der Waals surface area (Å²) >= 11 is 0. The van der Waals surface area contributed by atoms with E-state index in [0.717, 1.165) is 10.6 Å². The van der Waals surface area contributed by atoms with Crippen LogP contribution in [0.2, 0.25) is 0 Å². The summed E-state index contributed by atoms with van der Waals surface area (Å²) in [6.07, 6.45) is 2.29. The van der Waals surface area contributed by atoms with Crippen molar-refractivity contribution < 1.29 is 9.67 Å². The lowest BCUT2D eigenvalue weighted by atomic mass is 10.1. The van der Waals surface area contributed by atoms with E-state index in [1.54, 1.807) is 13.0 Å². The third-order valence-electron chi connectivity index (χ3n) is 3.49. The summed E-state index contributed by atoms with van der Waals surface area (Å²) in [5.74, 6) is 0. The molecule has 0 radical (unpaired) electrons. The average Bonchev–Trinajstić information content (AvgIpc) is 2.48. The Morgan fingerprint density at radius 3 is 1.86 bits per heavy atom. The molecule has 0 heterocycles. The molecule has 1 atom stereocenters. The van der Waals surface area contributed by atoms with Crippen molar-refractivity contribution in [1.29, 1.82) is 0 Å². The first-order chi connectivity index (χ1) is 9.98. The molecule has 1 N–H and O–H groups in total. The van der Waals surface area contributed by atoms with Gasteiger partial charge in [0.2, 0.25) is 0 Å². The van der Waals surface area contributed by atoms with Gasteiger partial charge in [-0.25, -0.2) is 0 Å². The van der Waals surface area contributed by atoms with Crippen LogP contribution in [0.15, 0.2) is 73.3 Å². The summed E-state index contributed by atoms with van der Waals surface area (Å²) in [6.45, 7) is 5.39. The summed E-state index contributed by atoms with van der Waals surface area (Å²) in [7, 11) is -2.87. The summed E-state index contributed by atoms with van der Waals surface area (Å²) < 4.78 is 13.7. The van der Waals surface area contributed by atoms with Crippen LogP contribution in [-0.2, 0) is 4.57 Å². The van der Waals surface area contributed by atoms with E-state index in [1.165, 1.54) is 0 Å². The molecule has 0 aliphatic heterocycles. The van der Waals surface area contributed by atoms with E-state index < -0.39 is 12.7 Å². The molecule has 3 heteroatoms. The highest BCUT2D eigenvalue weighted by molar-refractivity contribution is 7.78. The second-order valence-corrected chi connectivity index (χ2v) is 8.39. The van der Waals surface area contributed by atoms with Crippen molar-refractivity contribution >= 4 is 17.8 Å². The summed E-state index contributed by atoms with van der Waals surface area (Å²) in [6, 6.07) is 18.8. The van der Waals surface area contributed by atoms with E-state index in [-0.39, 0.29) is 6.16 Å². The summed E-state index contributed by atoms with van der Waals surface area (Å²) in [4.78, 5) is 0. The molecule has 0 bridgehead atoms. The Hall–Kier alpha value is -1.63. The van der Waals surface area contributed by atoms with E-state index in [1.807, 2.05) is 60.7 Å². The molecule has 0 spiro atoms. The topological polar surface area (TPSA) is 37.3 Å². The molecule has 0 fully saturated rings.